The molecule has 10 heteroatoms. The summed E-state index contributed by atoms with van der Waals surface area (Å²) in [5.41, 5.74) is 0.903. The predicted molar refractivity (Wildman–Crippen MR) is 118 cm³/mol. The van der Waals surface area contributed by atoms with Crippen molar-refractivity contribution in [1.29, 1.82) is 0 Å². The fourth-order valence-electron chi connectivity index (χ4n) is 2.95. The van der Waals surface area contributed by atoms with Crippen LogP contribution in [0.4, 0.5) is 0 Å². The highest BCUT2D eigenvalue weighted by Crippen LogP contribution is 2.23. The van der Waals surface area contributed by atoms with Crippen molar-refractivity contribution in [3.63, 3.8) is 0 Å². The van der Waals surface area contributed by atoms with Crippen LogP contribution in [0.15, 0.2) is 52.4 Å². The van der Waals surface area contributed by atoms with Gasteiger partial charge in [-0.2, -0.15) is 4.99 Å². The van der Waals surface area contributed by atoms with Crippen LogP contribution in [0.3, 0.4) is 0 Å². The lowest BCUT2D eigenvalue weighted by molar-refractivity contribution is -0.117. The summed E-state index contributed by atoms with van der Waals surface area (Å²) in [4.78, 5) is 17.3. The highest BCUT2D eigenvalue weighted by Gasteiger charge is 2.17. The molecular formula is C21H24N2O6S2. The van der Waals surface area contributed by atoms with Crippen LogP contribution in [-0.4, -0.2) is 52.6 Å². The molecule has 0 bridgehead atoms. The van der Waals surface area contributed by atoms with Gasteiger partial charge in [0, 0.05) is 20.1 Å². The van der Waals surface area contributed by atoms with Crippen LogP contribution in [0.1, 0.15) is 6.42 Å². The van der Waals surface area contributed by atoms with Gasteiger partial charge in [-0.05, 0) is 42.5 Å². The highest BCUT2D eigenvalue weighted by molar-refractivity contribution is 7.91. The van der Waals surface area contributed by atoms with Crippen LogP contribution in [-0.2, 0) is 25.9 Å². The summed E-state index contributed by atoms with van der Waals surface area (Å²) >= 11 is 1.34. The van der Waals surface area contributed by atoms with Crippen molar-refractivity contribution < 1.29 is 27.4 Å². The summed E-state index contributed by atoms with van der Waals surface area (Å²) in [5, 5.41) is 0. The molecule has 0 saturated heterocycles. The minimum absolute atomic E-state index is 0.144. The molecule has 0 aliphatic heterocycles. The third-order valence-electron chi connectivity index (χ3n) is 4.63. The Hall–Kier alpha value is -2.69. The van der Waals surface area contributed by atoms with E-state index in [9.17, 15) is 13.2 Å². The number of fused-ring (bicyclic) bond motifs is 1. The number of ether oxygens (including phenoxy) is 3. The van der Waals surface area contributed by atoms with Gasteiger partial charge in [0.1, 0.15) is 11.5 Å². The number of hydrogen-bond acceptors (Lipinski definition) is 7. The van der Waals surface area contributed by atoms with Crippen molar-refractivity contribution in [2.24, 2.45) is 4.99 Å². The van der Waals surface area contributed by atoms with Crippen LogP contribution in [0.2, 0.25) is 0 Å². The summed E-state index contributed by atoms with van der Waals surface area (Å²) in [6, 6.07) is 11.7. The fourth-order valence-corrected chi connectivity index (χ4v) is 5.28. The molecule has 0 spiro atoms. The van der Waals surface area contributed by atoms with Gasteiger partial charge in [-0.15, -0.1) is 0 Å². The van der Waals surface area contributed by atoms with E-state index in [0.29, 0.717) is 29.5 Å². The lowest BCUT2D eigenvalue weighted by atomic mass is 10.3. The molecule has 0 radical (unpaired) electrons. The number of hydrogen-bond donors (Lipinski definition) is 0. The predicted octanol–water partition coefficient (Wildman–Crippen LogP) is 2.66. The van der Waals surface area contributed by atoms with Crippen molar-refractivity contribution >= 4 is 37.3 Å². The maximum atomic E-state index is 12.5. The van der Waals surface area contributed by atoms with Crippen molar-refractivity contribution in [2.45, 2.75) is 17.9 Å². The first-order valence-corrected chi connectivity index (χ1v) is 12.0. The van der Waals surface area contributed by atoms with E-state index >= 15 is 0 Å². The van der Waals surface area contributed by atoms with Crippen molar-refractivity contribution in [2.75, 3.05) is 33.7 Å². The number of carbonyl (C=O) groups excluding carboxylic acids is 1. The molecule has 0 atom stereocenters. The normalized spacial score (nSPS) is 12.3. The Labute approximate surface area is 184 Å². The van der Waals surface area contributed by atoms with E-state index in [-0.39, 0.29) is 17.1 Å². The second-order valence-corrected chi connectivity index (χ2v) is 9.73. The monoisotopic (exact) mass is 464 g/mol. The van der Waals surface area contributed by atoms with E-state index in [1.165, 1.54) is 30.6 Å². The van der Waals surface area contributed by atoms with E-state index in [4.69, 9.17) is 14.2 Å². The van der Waals surface area contributed by atoms with E-state index in [0.717, 1.165) is 10.2 Å². The summed E-state index contributed by atoms with van der Waals surface area (Å²) in [5.74, 6) is 0.447. The fraction of sp³-hybridized carbons (Fsp3) is 0.333. The molecule has 1 aromatic heterocycles. The summed E-state index contributed by atoms with van der Waals surface area (Å²) in [6.07, 6.45) is -0.212. The SMILES string of the molecule is COCCn1c(=NC(=O)CCS(=O)(=O)c2ccc(OC)cc2)sc2cc(OC)ccc21. The Kier molecular flexibility index (Phi) is 7.47. The van der Waals surface area contributed by atoms with Gasteiger partial charge >= 0.3 is 0 Å². The average Bonchev–Trinajstić information content (AvgIpc) is 3.12. The molecule has 3 aromatic rings. The van der Waals surface area contributed by atoms with Gasteiger partial charge in [0.25, 0.3) is 0 Å². The summed E-state index contributed by atoms with van der Waals surface area (Å²) in [6.45, 7) is 0.962. The Morgan fingerprint density at radius 3 is 2.35 bits per heavy atom. The van der Waals surface area contributed by atoms with Gasteiger partial charge < -0.3 is 18.8 Å². The first-order valence-electron chi connectivity index (χ1n) is 9.48. The molecule has 0 aliphatic rings. The number of nitrogens with zero attached hydrogens (tertiary/aromatic N) is 2. The zero-order valence-corrected chi connectivity index (χ0v) is 19.2. The molecule has 1 heterocycles. The molecule has 0 saturated carbocycles. The standard InChI is InChI=1S/C21H24N2O6S2/c1-27-12-11-23-18-9-6-16(29-3)14-19(18)30-21(23)22-20(24)10-13-31(25,26)17-7-4-15(28-2)5-8-17/h4-9,14H,10-13H2,1-3H3. The van der Waals surface area contributed by atoms with Gasteiger partial charge in [0.15, 0.2) is 14.6 Å². The third kappa shape index (κ3) is 5.52. The number of rotatable bonds is 9. The lowest BCUT2D eigenvalue weighted by Crippen LogP contribution is -2.20. The average molecular weight is 465 g/mol. The largest absolute Gasteiger partial charge is 0.497 e. The van der Waals surface area contributed by atoms with E-state index in [1.54, 1.807) is 26.4 Å². The third-order valence-corrected chi connectivity index (χ3v) is 7.41. The van der Waals surface area contributed by atoms with Crippen molar-refractivity contribution in [1.82, 2.24) is 4.57 Å². The van der Waals surface area contributed by atoms with Crippen LogP contribution in [0, 0.1) is 0 Å². The van der Waals surface area contributed by atoms with Crippen LogP contribution < -0.4 is 14.3 Å². The number of thiazole rings is 1. The Morgan fingerprint density at radius 1 is 1.03 bits per heavy atom. The lowest BCUT2D eigenvalue weighted by Gasteiger charge is -2.05. The summed E-state index contributed by atoms with van der Waals surface area (Å²) < 4.78 is 43.4. The highest BCUT2D eigenvalue weighted by atomic mass is 32.2. The topological polar surface area (TPSA) is 96.2 Å². The first kappa shape index (κ1) is 23.0. The number of amides is 1. The number of sulfone groups is 1. The van der Waals surface area contributed by atoms with Gasteiger partial charge in [-0.3, -0.25) is 4.79 Å². The molecule has 0 unspecified atom stereocenters. The van der Waals surface area contributed by atoms with E-state index in [2.05, 4.69) is 4.99 Å². The van der Waals surface area contributed by atoms with Gasteiger partial charge in [-0.1, -0.05) is 11.3 Å². The Balaban J connectivity index is 1.83. The summed E-state index contributed by atoms with van der Waals surface area (Å²) in [7, 11) is 1.09. The molecule has 0 aliphatic carbocycles. The Morgan fingerprint density at radius 2 is 1.71 bits per heavy atom. The molecule has 3 rings (SSSR count). The Bertz CT molecular complexity index is 1230. The first-order chi connectivity index (χ1) is 14.9. The zero-order valence-electron chi connectivity index (χ0n) is 17.5. The van der Waals surface area contributed by atoms with Gasteiger partial charge in [-0.25, -0.2) is 8.42 Å². The maximum absolute atomic E-state index is 12.5. The molecule has 0 N–H and O–H groups in total. The molecular weight excluding hydrogens is 440 g/mol. The molecule has 0 fully saturated rings. The minimum atomic E-state index is -3.61. The van der Waals surface area contributed by atoms with Crippen LogP contribution >= 0.6 is 11.3 Å². The zero-order chi connectivity index (χ0) is 22.4. The molecule has 166 valence electrons. The molecule has 31 heavy (non-hydrogen) atoms. The maximum Gasteiger partial charge on any atom is 0.249 e. The van der Waals surface area contributed by atoms with Crippen LogP contribution in [0.5, 0.6) is 11.5 Å². The van der Waals surface area contributed by atoms with E-state index in [1.807, 2.05) is 22.8 Å². The minimum Gasteiger partial charge on any atom is -0.497 e. The van der Waals surface area contributed by atoms with Gasteiger partial charge in [0.05, 0.1) is 41.7 Å². The van der Waals surface area contributed by atoms with E-state index < -0.39 is 15.7 Å². The quantitative estimate of drug-likeness (QED) is 0.483. The molecule has 8 nitrogen and oxygen atoms in total. The smallest absolute Gasteiger partial charge is 0.249 e. The van der Waals surface area contributed by atoms with Crippen molar-refractivity contribution in [3.05, 3.63) is 47.3 Å². The number of benzene rings is 2. The van der Waals surface area contributed by atoms with Crippen molar-refractivity contribution in [3.8, 4) is 11.5 Å². The second kappa shape index (κ2) is 10.1. The number of carbonyl (C=O) groups is 1. The second-order valence-electron chi connectivity index (χ2n) is 6.61. The molecule has 2 aromatic carbocycles. The van der Waals surface area contributed by atoms with Gasteiger partial charge in [0.2, 0.25) is 5.91 Å². The number of aromatic nitrogens is 1. The van der Waals surface area contributed by atoms with Crippen LogP contribution in [0.25, 0.3) is 10.2 Å². The molecule has 1 amide bonds. The number of methoxy groups -OCH3 is 3.